The smallest absolute Gasteiger partial charge is 0.242 e. The minimum Gasteiger partial charge on any atom is -0.313 e. The fourth-order valence-electron chi connectivity index (χ4n) is 1.91. The average molecular weight is 333 g/mol. The molecule has 0 spiro atoms. The summed E-state index contributed by atoms with van der Waals surface area (Å²) >= 11 is 6.20. The van der Waals surface area contributed by atoms with Gasteiger partial charge in [0.2, 0.25) is 10.0 Å². The first kappa shape index (κ1) is 18.4. The van der Waals surface area contributed by atoms with E-state index in [1.165, 1.54) is 4.31 Å². The van der Waals surface area contributed by atoms with Crippen molar-refractivity contribution < 1.29 is 8.42 Å². The van der Waals surface area contributed by atoms with Crippen molar-refractivity contribution in [2.75, 3.05) is 20.1 Å². The number of nitrogens with zero attached hydrogens (tertiary/aromatic N) is 1. The van der Waals surface area contributed by atoms with Crippen LogP contribution in [0.4, 0.5) is 0 Å². The first-order valence-electron chi connectivity index (χ1n) is 7.39. The van der Waals surface area contributed by atoms with Crippen molar-refractivity contribution in [3.63, 3.8) is 0 Å². The molecule has 0 heterocycles. The van der Waals surface area contributed by atoms with Gasteiger partial charge in [0.25, 0.3) is 0 Å². The number of benzene rings is 1. The van der Waals surface area contributed by atoms with Crippen molar-refractivity contribution in [1.29, 1.82) is 0 Å². The van der Waals surface area contributed by atoms with E-state index in [-0.39, 0.29) is 4.90 Å². The largest absolute Gasteiger partial charge is 0.313 e. The zero-order valence-corrected chi connectivity index (χ0v) is 14.6. The van der Waals surface area contributed by atoms with E-state index in [2.05, 4.69) is 12.2 Å². The third kappa shape index (κ3) is 5.25. The first-order chi connectivity index (χ1) is 9.93. The van der Waals surface area contributed by atoms with Gasteiger partial charge in [-0.1, -0.05) is 37.9 Å². The van der Waals surface area contributed by atoms with Crippen LogP contribution in [0, 0.1) is 0 Å². The molecule has 1 rings (SSSR count). The van der Waals surface area contributed by atoms with Crippen molar-refractivity contribution >= 4 is 21.6 Å². The van der Waals surface area contributed by atoms with E-state index in [0.29, 0.717) is 18.1 Å². The molecule has 120 valence electrons. The molecular formula is C15H25ClN2O2S. The third-order valence-electron chi connectivity index (χ3n) is 3.30. The predicted molar refractivity (Wildman–Crippen MR) is 88.2 cm³/mol. The van der Waals surface area contributed by atoms with E-state index in [1.807, 2.05) is 6.92 Å². The maximum absolute atomic E-state index is 12.4. The van der Waals surface area contributed by atoms with Crippen LogP contribution in [0.5, 0.6) is 0 Å². The number of rotatable bonds is 9. The predicted octanol–water partition coefficient (Wildman–Crippen LogP) is 3.26. The first-order valence-corrected chi connectivity index (χ1v) is 9.20. The fourth-order valence-corrected chi connectivity index (χ4v) is 3.46. The second kappa shape index (κ2) is 8.73. The van der Waals surface area contributed by atoms with Crippen LogP contribution in [0.1, 0.15) is 38.7 Å². The van der Waals surface area contributed by atoms with Gasteiger partial charge in [-0.25, -0.2) is 12.7 Å². The van der Waals surface area contributed by atoms with Crippen molar-refractivity contribution in [3.8, 4) is 0 Å². The molecule has 0 radical (unpaired) electrons. The minimum atomic E-state index is -3.45. The highest BCUT2D eigenvalue weighted by atomic mass is 35.5. The summed E-state index contributed by atoms with van der Waals surface area (Å²) in [6.07, 6.45) is 2.86. The molecule has 21 heavy (non-hydrogen) atoms. The molecule has 0 aliphatic carbocycles. The molecule has 6 heteroatoms. The molecule has 0 saturated heterocycles. The molecule has 0 atom stereocenters. The van der Waals surface area contributed by atoms with Crippen molar-refractivity contribution in [3.05, 3.63) is 28.8 Å². The van der Waals surface area contributed by atoms with Crippen LogP contribution in [0.25, 0.3) is 0 Å². The molecule has 0 amide bonds. The van der Waals surface area contributed by atoms with Crippen LogP contribution >= 0.6 is 11.6 Å². The highest BCUT2D eigenvalue weighted by Gasteiger charge is 2.21. The number of sulfonamides is 1. The second-order valence-corrected chi connectivity index (χ2v) is 7.56. The number of nitrogens with one attached hydrogen (secondary N) is 1. The van der Waals surface area contributed by atoms with Gasteiger partial charge >= 0.3 is 0 Å². The Balaban J connectivity index is 2.86. The summed E-state index contributed by atoms with van der Waals surface area (Å²) in [5.74, 6) is 0. The fraction of sp³-hybridized carbons (Fsp3) is 0.600. The Bertz CT molecular complexity index is 547. The van der Waals surface area contributed by atoms with E-state index >= 15 is 0 Å². The van der Waals surface area contributed by atoms with E-state index < -0.39 is 10.0 Å². The third-order valence-corrected chi connectivity index (χ3v) is 5.51. The number of hydrogen-bond acceptors (Lipinski definition) is 3. The summed E-state index contributed by atoms with van der Waals surface area (Å²) in [7, 11) is -1.84. The summed E-state index contributed by atoms with van der Waals surface area (Å²) in [5.41, 5.74) is 0.917. The molecule has 0 fully saturated rings. The number of unbranched alkanes of at least 4 members (excludes halogenated alkanes) is 1. The Morgan fingerprint density at radius 2 is 1.95 bits per heavy atom. The number of halogens is 1. The lowest BCUT2D eigenvalue weighted by Gasteiger charge is -2.17. The summed E-state index contributed by atoms with van der Waals surface area (Å²) in [6.45, 7) is 6.22. The Morgan fingerprint density at radius 3 is 2.52 bits per heavy atom. The van der Waals surface area contributed by atoms with Gasteiger partial charge < -0.3 is 5.32 Å². The quantitative estimate of drug-likeness (QED) is 0.706. The molecule has 0 unspecified atom stereocenters. The van der Waals surface area contributed by atoms with E-state index in [9.17, 15) is 8.42 Å². The average Bonchev–Trinajstić information content (AvgIpc) is 2.46. The van der Waals surface area contributed by atoms with E-state index in [1.54, 1.807) is 25.2 Å². The summed E-state index contributed by atoms with van der Waals surface area (Å²) in [5, 5.41) is 3.75. The molecule has 1 aromatic carbocycles. The summed E-state index contributed by atoms with van der Waals surface area (Å²) in [6, 6.07) is 4.96. The van der Waals surface area contributed by atoms with E-state index in [0.717, 1.165) is 31.4 Å². The van der Waals surface area contributed by atoms with Crippen LogP contribution < -0.4 is 5.32 Å². The van der Waals surface area contributed by atoms with Crippen LogP contribution in [0.15, 0.2) is 23.1 Å². The van der Waals surface area contributed by atoms with Crippen LogP contribution in [0.3, 0.4) is 0 Å². The van der Waals surface area contributed by atoms with Gasteiger partial charge in [-0.2, -0.15) is 0 Å². The van der Waals surface area contributed by atoms with Crippen LogP contribution in [0.2, 0.25) is 5.02 Å². The Kier molecular flexibility index (Phi) is 7.66. The molecule has 1 N–H and O–H groups in total. The molecule has 0 aromatic heterocycles. The van der Waals surface area contributed by atoms with Gasteiger partial charge in [-0.15, -0.1) is 0 Å². The summed E-state index contributed by atoms with van der Waals surface area (Å²) < 4.78 is 26.2. The maximum atomic E-state index is 12.4. The van der Waals surface area contributed by atoms with E-state index in [4.69, 9.17) is 11.6 Å². The van der Waals surface area contributed by atoms with Gasteiger partial charge in [-0.05, 0) is 37.1 Å². The van der Waals surface area contributed by atoms with Crippen molar-refractivity contribution in [1.82, 2.24) is 9.62 Å². The minimum absolute atomic E-state index is 0.255. The van der Waals surface area contributed by atoms with Crippen molar-refractivity contribution in [2.45, 2.75) is 44.6 Å². The van der Waals surface area contributed by atoms with Crippen LogP contribution in [-0.4, -0.2) is 32.9 Å². The van der Waals surface area contributed by atoms with Gasteiger partial charge in [0, 0.05) is 25.2 Å². The Morgan fingerprint density at radius 1 is 1.24 bits per heavy atom. The maximum Gasteiger partial charge on any atom is 0.242 e. The lowest BCUT2D eigenvalue weighted by molar-refractivity contribution is 0.459. The lowest BCUT2D eigenvalue weighted by atomic mass is 10.2. The molecule has 1 aromatic rings. The molecule has 0 aliphatic heterocycles. The molecule has 0 aliphatic rings. The molecule has 0 saturated carbocycles. The van der Waals surface area contributed by atoms with Gasteiger partial charge in [0.1, 0.15) is 0 Å². The lowest BCUT2D eigenvalue weighted by Crippen LogP contribution is -2.28. The normalized spacial score (nSPS) is 12.0. The molecular weight excluding hydrogens is 308 g/mol. The molecule has 4 nitrogen and oxygen atoms in total. The molecule has 0 bridgehead atoms. The number of hydrogen-bond donors (Lipinski definition) is 1. The second-order valence-electron chi connectivity index (χ2n) is 5.11. The SMILES string of the molecule is CCCCN(C)S(=O)(=O)c1ccc(CNCCC)c(Cl)c1. The van der Waals surface area contributed by atoms with Gasteiger partial charge in [0.15, 0.2) is 0 Å². The monoisotopic (exact) mass is 332 g/mol. The Hall–Kier alpha value is -0.620. The van der Waals surface area contributed by atoms with Crippen LogP contribution in [-0.2, 0) is 16.6 Å². The van der Waals surface area contributed by atoms with Crippen molar-refractivity contribution in [2.24, 2.45) is 0 Å². The topological polar surface area (TPSA) is 49.4 Å². The Labute approximate surface area is 133 Å². The standard InChI is InChI=1S/C15H25ClN2O2S/c1-4-6-10-18(3)21(19,20)14-8-7-13(15(16)11-14)12-17-9-5-2/h7-8,11,17H,4-6,9-10,12H2,1-3H3. The zero-order chi connectivity index (χ0) is 15.9. The highest BCUT2D eigenvalue weighted by Crippen LogP contribution is 2.23. The van der Waals surface area contributed by atoms with Gasteiger partial charge in [0.05, 0.1) is 4.90 Å². The summed E-state index contributed by atoms with van der Waals surface area (Å²) in [4.78, 5) is 0.255. The highest BCUT2D eigenvalue weighted by molar-refractivity contribution is 7.89. The van der Waals surface area contributed by atoms with Gasteiger partial charge in [-0.3, -0.25) is 0 Å². The zero-order valence-electron chi connectivity index (χ0n) is 13.0.